The first-order valence-corrected chi connectivity index (χ1v) is 8.47. The molecule has 1 N–H and O–H groups in total. The number of benzene rings is 1. The Balaban J connectivity index is 1.64. The van der Waals surface area contributed by atoms with Crippen molar-refractivity contribution in [2.45, 2.75) is 17.8 Å². The van der Waals surface area contributed by atoms with Crippen molar-refractivity contribution in [3.8, 4) is 0 Å². The number of amides is 1. The highest BCUT2D eigenvalue weighted by atomic mass is 32.2. The van der Waals surface area contributed by atoms with E-state index in [4.69, 9.17) is 4.42 Å². The molecule has 2 aromatic rings. The van der Waals surface area contributed by atoms with Crippen molar-refractivity contribution in [2.24, 2.45) is 0 Å². The maximum absolute atomic E-state index is 12.5. The molecule has 1 saturated heterocycles. The van der Waals surface area contributed by atoms with Gasteiger partial charge in [0.25, 0.3) is 5.91 Å². The molecular formula is C17H19NO3S. The SMILES string of the molecule is O=C(C(O)c1ccccc1)N1CCSC(c2ccco2)CC1. The molecule has 3 rings (SSSR count). The van der Waals surface area contributed by atoms with Crippen LogP contribution in [0.3, 0.4) is 0 Å². The molecule has 0 aliphatic carbocycles. The average Bonchev–Trinajstić information content (AvgIpc) is 2.99. The molecule has 2 unspecified atom stereocenters. The summed E-state index contributed by atoms with van der Waals surface area (Å²) >= 11 is 1.80. The second-order valence-corrected chi connectivity index (χ2v) is 6.61. The second kappa shape index (κ2) is 7.03. The molecular weight excluding hydrogens is 298 g/mol. The lowest BCUT2D eigenvalue weighted by molar-refractivity contribution is -0.140. The largest absolute Gasteiger partial charge is 0.468 e. The molecule has 4 nitrogen and oxygen atoms in total. The minimum absolute atomic E-state index is 0.216. The number of carbonyl (C=O) groups is 1. The third-order valence-corrected chi connectivity index (χ3v) is 5.15. The van der Waals surface area contributed by atoms with Crippen LogP contribution < -0.4 is 0 Å². The van der Waals surface area contributed by atoms with E-state index in [2.05, 4.69) is 0 Å². The molecule has 1 amide bonds. The number of thioether (sulfide) groups is 1. The first kappa shape index (κ1) is 15.2. The normalized spacial score (nSPS) is 20.4. The van der Waals surface area contributed by atoms with Gasteiger partial charge in [0.2, 0.25) is 0 Å². The average molecular weight is 317 g/mol. The third kappa shape index (κ3) is 3.36. The van der Waals surface area contributed by atoms with Crippen LogP contribution in [0.15, 0.2) is 53.1 Å². The minimum Gasteiger partial charge on any atom is -0.468 e. The van der Waals surface area contributed by atoms with Crippen molar-refractivity contribution in [3.05, 3.63) is 60.1 Å². The fourth-order valence-electron chi connectivity index (χ4n) is 2.64. The van der Waals surface area contributed by atoms with Gasteiger partial charge < -0.3 is 14.4 Å². The number of aliphatic hydroxyl groups is 1. The maximum atomic E-state index is 12.5. The van der Waals surface area contributed by atoms with Gasteiger partial charge in [-0.25, -0.2) is 0 Å². The van der Waals surface area contributed by atoms with E-state index >= 15 is 0 Å². The minimum atomic E-state index is -1.08. The van der Waals surface area contributed by atoms with E-state index in [1.807, 2.05) is 30.3 Å². The van der Waals surface area contributed by atoms with Crippen LogP contribution in [0.1, 0.15) is 29.1 Å². The van der Waals surface area contributed by atoms with Crippen LogP contribution in [-0.4, -0.2) is 34.8 Å². The Labute approximate surface area is 134 Å². The highest BCUT2D eigenvalue weighted by Crippen LogP contribution is 2.35. The van der Waals surface area contributed by atoms with Crippen LogP contribution in [0.5, 0.6) is 0 Å². The Morgan fingerprint density at radius 1 is 1.23 bits per heavy atom. The smallest absolute Gasteiger partial charge is 0.256 e. The van der Waals surface area contributed by atoms with E-state index in [9.17, 15) is 9.90 Å². The summed E-state index contributed by atoms with van der Waals surface area (Å²) in [5.74, 6) is 1.59. The first-order valence-electron chi connectivity index (χ1n) is 7.42. The molecule has 0 bridgehead atoms. The number of hydrogen-bond donors (Lipinski definition) is 1. The zero-order chi connectivity index (χ0) is 15.4. The van der Waals surface area contributed by atoms with E-state index < -0.39 is 6.10 Å². The van der Waals surface area contributed by atoms with E-state index in [0.29, 0.717) is 18.7 Å². The van der Waals surface area contributed by atoms with Crippen LogP contribution in [0, 0.1) is 0 Å². The molecule has 2 atom stereocenters. The number of furan rings is 1. The highest BCUT2D eigenvalue weighted by molar-refractivity contribution is 7.99. The summed E-state index contributed by atoms with van der Waals surface area (Å²) in [7, 11) is 0. The molecule has 1 fully saturated rings. The molecule has 1 aromatic heterocycles. The molecule has 1 aromatic carbocycles. The molecule has 0 saturated carbocycles. The summed E-state index contributed by atoms with van der Waals surface area (Å²) in [5.41, 5.74) is 0.645. The Bertz CT molecular complexity index is 600. The van der Waals surface area contributed by atoms with Crippen molar-refractivity contribution in [1.82, 2.24) is 4.90 Å². The Hall–Kier alpha value is -1.72. The predicted octanol–water partition coefficient (Wildman–Crippen LogP) is 3.02. The van der Waals surface area contributed by atoms with Crippen LogP contribution in [0.25, 0.3) is 0 Å². The highest BCUT2D eigenvalue weighted by Gasteiger charge is 2.27. The molecule has 5 heteroatoms. The summed E-state index contributed by atoms with van der Waals surface area (Å²) in [4.78, 5) is 14.2. The van der Waals surface area contributed by atoms with Gasteiger partial charge in [-0.2, -0.15) is 0 Å². The summed E-state index contributed by atoms with van der Waals surface area (Å²) < 4.78 is 5.47. The molecule has 0 spiro atoms. The Morgan fingerprint density at radius 2 is 2.05 bits per heavy atom. The summed E-state index contributed by atoms with van der Waals surface area (Å²) in [6.07, 6.45) is 1.44. The van der Waals surface area contributed by atoms with Crippen molar-refractivity contribution >= 4 is 17.7 Å². The molecule has 22 heavy (non-hydrogen) atoms. The zero-order valence-corrected chi connectivity index (χ0v) is 13.0. The molecule has 1 aliphatic heterocycles. The van der Waals surface area contributed by atoms with Gasteiger partial charge in [0.15, 0.2) is 6.10 Å². The topological polar surface area (TPSA) is 53.7 Å². The van der Waals surface area contributed by atoms with Gasteiger partial charge in [0.05, 0.1) is 11.5 Å². The summed E-state index contributed by atoms with van der Waals surface area (Å²) in [6.45, 7) is 1.30. The van der Waals surface area contributed by atoms with Crippen molar-refractivity contribution in [3.63, 3.8) is 0 Å². The Morgan fingerprint density at radius 3 is 2.77 bits per heavy atom. The molecule has 1 aliphatic rings. The van der Waals surface area contributed by atoms with Crippen LogP contribution in [0.4, 0.5) is 0 Å². The van der Waals surface area contributed by atoms with Crippen LogP contribution in [0.2, 0.25) is 0 Å². The number of nitrogens with zero attached hydrogens (tertiary/aromatic N) is 1. The molecule has 2 heterocycles. The molecule has 0 radical (unpaired) electrons. The predicted molar refractivity (Wildman–Crippen MR) is 86.5 cm³/mol. The number of hydrogen-bond acceptors (Lipinski definition) is 4. The van der Waals surface area contributed by atoms with Crippen molar-refractivity contribution in [1.29, 1.82) is 0 Å². The number of aliphatic hydroxyl groups excluding tert-OH is 1. The lowest BCUT2D eigenvalue weighted by Crippen LogP contribution is -2.36. The van der Waals surface area contributed by atoms with Crippen LogP contribution >= 0.6 is 11.8 Å². The van der Waals surface area contributed by atoms with Gasteiger partial charge in [-0.3, -0.25) is 4.79 Å². The molecule has 116 valence electrons. The monoisotopic (exact) mass is 317 g/mol. The number of rotatable bonds is 3. The zero-order valence-electron chi connectivity index (χ0n) is 12.2. The lowest BCUT2D eigenvalue weighted by Gasteiger charge is -2.23. The fraction of sp³-hybridized carbons (Fsp3) is 0.353. The quantitative estimate of drug-likeness (QED) is 0.945. The Kier molecular flexibility index (Phi) is 4.85. The van der Waals surface area contributed by atoms with E-state index in [0.717, 1.165) is 17.9 Å². The maximum Gasteiger partial charge on any atom is 0.256 e. The lowest BCUT2D eigenvalue weighted by atomic mass is 10.1. The summed E-state index contributed by atoms with van der Waals surface area (Å²) in [5, 5.41) is 10.5. The van der Waals surface area contributed by atoms with Crippen molar-refractivity contribution < 1.29 is 14.3 Å². The van der Waals surface area contributed by atoms with Crippen molar-refractivity contribution in [2.75, 3.05) is 18.8 Å². The number of carbonyl (C=O) groups excluding carboxylic acids is 1. The third-order valence-electron chi connectivity index (χ3n) is 3.86. The van der Waals surface area contributed by atoms with Gasteiger partial charge in [0.1, 0.15) is 5.76 Å². The van der Waals surface area contributed by atoms with Gasteiger partial charge in [-0.05, 0) is 24.1 Å². The van der Waals surface area contributed by atoms with Gasteiger partial charge >= 0.3 is 0 Å². The van der Waals surface area contributed by atoms with E-state index in [1.54, 1.807) is 35.1 Å². The first-order chi connectivity index (χ1) is 10.8. The van der Waals surface area contributed by atoms with E-state index in [-0.39, 0.29) is 11.2 Å². The van der Waals surface area contributed by atoms with E-state index in [1.165, 1.54) is 0 Å². The summed E-state index contributed by atoms with van der Waals surface area (Å²) in [6, 6.07) is 13.0. The standard InChI is InChI=1S/C17H19NO3S/c19-16(13-5-2-1-3-6-13)17(20)18-9-8-15(22-12-10-18)14-7-4-11-21-14/h1-7,11,15-16,19H,8-10,12H2. The van der Waals surface area contributed by atoms with Gasteiger partial charge in [-0.15, -0.1) is 11.8 Å². The second-order valence-electron chi connectivity index (χ2n) is 5.30. The fourth-order valence-corrected chi connectivity index (χ4v) is 3.82. The van der Waals surface area contributed by atoms with Crippen LogP contribution in [-0.2, 0) is 4.79 Å². The van der Waals surface area contributed by atoms with Gasteiger partial charge in [-0.1, -0.05) is 30.3 Å². The van der Waals surface area contributed by atoms with Gasteiger partial charge in [0, 0.05) is 18.8 Å².